The van der Waals surface area contributed by atoms with Crippen LogP contribution in [0, 0.1) is 0 Å². The van der Waals surface area contributed by atoms with Gasteiger partial charge in [0.1, 0.15) is 0 Å². The van der Waals surface area contributed by atoms with Crippen LogP contribution in [-0.4, -0.2) is 37.7 Å². The molecule has 4 nitrogen and oxygen atoms in total. The van der Waals surface area contributed by atoms with Crippen molar-refractivity contribution in [3.63, 3.8) is 0 Å². The van der Waals surface area contributed by atoms with Crippen molar-refractivity contribution in [1.82, 2.24) is 4.31 Å². The van der Waals surface area contributed by atoms with Crippen LogP contribution in [0.4, 0.5) is 13.2 Å². The summed E-state index contributed by atoms with van der Waals surface area (Å²) in [6.45, 7) is 0.320. The van der Waals surface area contributed by atoms with Crippen molar-refractivity contribution in [1.29, 1.82) is 0 Å². The van der Waals surface area contributed by atoms with Crippen molar-refractivity contribution in [2.45, 2.75) is 25.6 Å². The minimum atomic E-state index is -4.34. The number of nitrogens with zero attached hydrogens (tertiary/aromatic N) is 1. The summed E-state index contributed by atoms with van der Waals surface area (Å²) in [5, 5.41) is 0. The standard InChI is InChI=1S/C13H19F3N2O2S/c14-13(15,16)7-4-10-21(19,20)18(9-8-17)11-12-5-2-1-3-6-12/h1-3,5-6H,4,7-11,17H2. The predicted octanol–water partition coefficient (Wildman–Crippen LogP) is 2.12. The second kappa shape index (κ2) is 7.77. The van der Waals surface area contributed by atoms with Crippen LogP contribution < -0.4 is 5.73 Å². The molecule has 0 aliphatic heterocycles. The van der Waals surface area contributed by atoms with Crippen LogP contribution in [-0.2, 0) is 16.6 Å². The molecule has 0 spiro atoms. The molecule has 0 aliphatic carbocycles. The molecule has 2 N–H and O–H groups in total. The van der Waals surface area contributed by atoms with Crippen LogP contribution in [0.5, 0.6) is 0 Å². The van der Waals surface area contributed by atoms with Crippen molar-refractivity contribution < 1.29 is 21.6 Å². The van der Waals surface area contributed by atoms with Gasteiger partial charge < -0.3 is 5.73 Å². The molecule has 0 fully saturated rings. The van der Waals surface area contributed by atoms with E-state index < -0.39 is 34.8 Å². The van der Waals surface area contributed by atoms with Gasteiger partial charge in [-0.15, -0.1) is 0 Å². The van der Waals surface area contributed by atoms with Gasteiger partial charge in [0.2, 0.25) is 10.0 Å². The third-order valence-corrected chi connectivity index (χ3v) is 4.74. The zero-order chi connectivity index (χ0) is 15.9. The molecule has 0 bridgehead atoms. The summed E-state index contributed by atoms with van der Waals surface area (Å²) in [6, 6.07) is 8.86. The lowest BCUT2D eigenvalue weighted by Gasteiger charge is -2.21. The monoisotopic (exact) mass is 324 g/mol. The molecule has 0 amide bonds. The molecule has 0 radical (unpaired) electrons. The third-order valence-electron chi connectivity index (χ3n) is 2.84. The minimum Gasteiger partial charge on any atom is -0.329 e. The lowest BCUT2D eigenvalue weighted by Crippen LogP contribution is -2.36. The molecule has 1 aromatic carbocycles. The first-order valence-electron chi connectivity index (χ1n) is 6.53. The molecular formula is C13H19F3N2O2S. The van der Waals surface area contributed by atoms with Gasteiger partial charge in [-0.25, -0.2) is 8.42 Å². The number of halogens is 3. The summed E-state index contributed by atoms with van der Waals surface area (Å²) in [5.41, 5.74) is 6.16. The molecule has 0 aromatic heterocycles. The van der Waals surface area contributed by atoms with Gasteiger partial charge in [-0.05, 0) is 12.0 Å². The summed E-state index contributed by atoms with van der Waals surface area (Å²) in [5.74, 6) is -0.528. The SMILES string of the molecule is NCCN(Cc1ccccc1)S(=O)(=O)CCCC(F)(F)F. The fraction of sp³-hybridized carbons (Fsp3) is 0.538. The normalized spacial score (nSPS) is 12.8. The van der Waals surface area contributed by atoms with Crippen molar-refractivity contribution in [2.75, 3.05) is 18.8 Å². The number of hydrogen-bond acceptors (Lipinski definition) is 3. The average molecular weight is 324 g/mol. The highest BCUT2D eigenvalue weighted by Crippen LogP contribution is 2.22. The highest BCUT2D eigenvalue weighted by atomic mass is 32.2. The minimum absolute atomic E-state index is 0.0866. The summed E-state index contributed by atoms with van der Waals surface area (Å²) >= 11 is 0. The number of hydrogen-bond donors (Lipinski definition) is 1. The Balaban J connectivity index is 2.69. The van der Waals surface area contributed by atoms with Gasteiger partial charge in [-0.1, -0.05) is 30.3 Å². The number of sulfonamides is 1. The van der Waals surface area contributed by atoms with Gasteiger partial charge in [0.25, 0.3) is 0 Å². The van der Waals surface area contributed by atoms with E-state index in [9.17, 15) is 21.6 Å². The van der Waals surface area contributed by atoms with Crippen molar-refractivity contribution in [3.8, 4) is 0 Å². The maximum atomic E-state index is 12.1. The highest BCUT2D eigenvalue weighted by molar-refractivity contribution is 7.89. The number of rotatable bonds is 8. The van der Waals surface area contributed by atoms with E-state index in [4.69, 9.17) is 5.73 Å². The van der Waals surface area contributed by atoms with Crippen molar-refractivity contribution in [3.05, 3.63) is 35.9 Å². The Morgan fingerprint density at radius 2 is 1.76 bits per heavy atom. The largest absolute Gasteiger partial charge is 0.389 e. The Bertz CT molecular complexity index is 518. The Labute approximate surface area is 122 Å². The molecule has 8 heteroatoms. The van der Waals surface area contributed by atoms with Crippen LogP contribution in [0.3, 0.4) is 0 Å². The molecule has 0 saturated carbocycles. The lowest BCUT2D eigenvalue weighted by molar-refractivity contribution is -0.134. The van der Waals surface area contributed by atoms with Gasteiger partial charge in [0.15, 0.2) is 0 Å². The number of nitrogens with two attached hydrogens (primary N) is 1. The Morgan fingerprint density at radius 3 is 2.29 bits per heavy atom. The Hall–Kier alpha value is -1.12. The average Bonchev–Trinajstić information content (AvgIpc) is 2.37. The van der Waals surface area contributed by atoms with E-state index in [1.165, 1.54) is 0 Å². The molecule has 120 valence electrons. The molecule has 1 aromatic rings. The first-order valence-corrected chi connectivity index (χ1v) is 8.14. The Kier molecular flexibility index (Phi) is 6.63. The fourth-order valence-electron chi connectivity index (χ4n) is 1.83. The highest BCUT2D eigenvalue weighted by Gasteiger charge is 2.29. The Morgan fingerprint density at radius 1 is 1.14 bits per heavy atom. The topological polar surface area (TPSA) is 63.4 Å². The molecule has 1 rings (SSSR count). The van der Waals surface area contributed by atoms with Gasteiger partial charge >= 0.3 is 6.18 Å². The van der Waals surface area contributed by atoms with E-state index in [0.29, 0.717) is 0 Å². The molecule has 0 saturated heterocycles. The van der Waals surface area contributed by atoms with Crippen molar-refractivity contribution in [2.24, 2.45) is 5.73 Å². The first kappa shape index (κ1) is 17.9. The van der Waals surface area contributed by atoms with Crippen LogP contribution in [0.15, 0.2) is 30.3 Å². The molecular weight excluding hydrogens is 305 g/mol. The van der Waals surface area contributed by atoms with E-state index in [2.05, 4.69) is 0 Å². The number of alkyl halides is 3. The second-order valence-corrected chi connectivity index (χ2v) is 6.73. The lowest BCUT2D eigenvalue weighted by atomic mass is 10.2. The zero-order valence-electron chi connectivity index (χ0n) is 11.5. The van der Waals surface area contributed by atoms with Crippen LogP contribution in [0.2, 0.25) is 0 Å². The molecule has 0 atom stereocenters. The van der Waals surface area contributed by atoms with E-state index in [0.717, 1.165) is 9.87 Å². The molecule has 21 heavy (non-hydrogen) atoms. The van der Waals surface area contributed by atoms with Crippen LogP contribution >= 0.6 is 0 Å². The van der Waals surface area contributed by atoms with E-state index >= 15 is 0 Å². The summed E-state index contributed by atoms with van der Waals surface area (Å²) in [6.07, 6.45) is -5.89. The predicted molar refractivity (Wildman–Crippen MR) is 75.0 cm³/mol. The van der Waals surface area contributed by atoms with E-state index in [-0.39, 0.29) is 19.6 Å². The molecule has 0 heterocycles. The third kappa shape index (κ3) is 6.92. The zero-order valence-corrected chi connectivity index (χ0v) is 12.3. The fourth-order valence-corrected chi connectivity index (χ4v) is 3.33. The van der Waals surface area contributed by atoms with E-state index in [1.54, 1.807) is 30.3 Å². The molecule has 0 aliphatic rings. The van der Waals surface area contributed by atoms with Gasteiger partial charge in [0, 0.05) is 26.1 Å². The van der Waals surface area contributed by atoms with Crippen LogP contribution in [0.25, 0.3) is 0 Å². The summed E-state index contributed by atoms with van der Waals surface area (Å²) in [7, 11) is -3.75. The molecule has 0 unspecified atom stereocenters. The van der Waals surface area contributed by atoms with Crippen molar-refractivity contribution >= 4 is 10.0 Å². The maximum Gasteiger partial charge on any atom is 0.389 e. The maximum absolute atomic E-state index is 12.1. The van der Waals surface area contributed by atoms with E-state index in [1.807, 2.05) is 0 Å². The second-order valence-electron chi connectivity index (χ2n) is 4.64. The van der Waals surface area contributed by atoms with Gasteiger partial charge in [-0.2, -0.15) is 17.5 Å². The van der Waals surface area contributed by atoms with Gasteiger partial charge in [0.05, 0.1) is 5.75 Å². The smallest absolute Gasteiger partial charge is 0.329 e. The van der Waals surface area contributed by atoms with Crippen LogP contribution in [0.1, 0.15) is 18.4 Å². The number of benzene rings is 1. The summed E-state index contributed by atoms with van der Waals surface area (Å²) in [4.78, 5) is 0. The first-order chi connectivity index (χ1) is 9.74. The van der Waals surface area contributed by atoms with Gasteiger partial charge in [-0.3, -0.25) is 0 Å². The summed E-state index contributed by atoms with van der Waals surface area (Å²) < 4.78 is 61.7. The quantitative estimate of drug-likeness (QED) is 0.797.